The van der Waals surface area contributed by atoms with Crippen LogP contribution in [0.5, 0.6) is 11.5 Å². The summed E-state index contributed by atoms with van der Waals surface area (Å²) in [4.78, 5) is 7.74. The zero-order valence-corrected chi connectivity index (χ0v) is 22.4. The maximum atomic E-state index is 6.39. The molecule has 0 unspecified atom stereocenters. The number of ether oxygens (including phenoxy) is 1. The fourth-order valence-corrected chi connectivity index (χ4v) is 5.64. The number of anilines is 1. The number of aromatic nitrogens is 1. The summed E-state index contributed by atoms with van der Waals surface area (Å²) in [5.41, 5.74) is 1.81. The van der Waals surface area contributed by atoms with Gasteiger partial charge in [-0.15, -0.1) is 0 Å². The molecule has 0 aliphatic carbocycles. The normalized spacial score (nSPS) is 16.9. The Balaban J connectivity index is 1.31. The van der Waals surface area contributed by atoms with Crippen LogP contribution in [-0.2, 0) is 0 Å². The molecule has 0 radical (unpaired) electrons. The minimum absolute atomic E-state index is 0.191. The van der Waals surface area contributed by atoms with E-state index in [9.17, 15) is 0 Å². The van der Waals surface area contributed by atoms with Crippen molar-refractivity contribution in [2.45, 2.75) is 22.1 Å². The van der Waals surface area contributed by atoms with E-state index in [4.69, 9.17) is 33.0 Å². The first-order valence-corrected chi connectivity index (χ1v) is 13.6. The van der Waals surface area contributed by atoms with Crippen molar-refractivity contribution in [3.05, 3.63) is 132 Å². The number of nitrogens with one attached hydrogen (secondary N) is 1. The molecule has 0 amide bonds. The molecule has 2 atom stereocenters. The number of halogens is 1. The smallest absolute Gasteiger partial charge is 0.174 e. The van der Waals surface area contributed by atoms with E-state index < -0.39 is 0 Å². The Morgan fingerprint density at radius 1 is 0.842 bits per heavy atom. The van der Waals surface area contributed by atoms with Gasteiger partial charge in [-0.25, -0.2) is 0 Å². The molecule has 1 saturated heterocycles. The molecule has 8 heteroatoms. The molecule has 1 N–H and O–H groups in total. The van der Waals surface area contributed by atoms with Crippen molar-refractivity contribution in [1.82, 2.24) is 10.3 Å². The summed E-state index contributed by atoms with van der Waals surface area (Å²) >= 11 is 13.4. The lowest BCUT2D eigenvalue weighted by Gasteiger charge is -2.26. The van der Waals surface area contributed by atoms with E-state index in [2.05, 4.69) is 15.2 Å². The third-order valence-electron chi connectivity index (χ3n) is 6.12. The zero-order chi connectivity index (χ0) is 25.9. The number of hydrogen-bond acceptors (Lipinski definition) is 5. The van der Waals surface area contributed by atoms with Gasteiger partial charge in [0.1, 0.15) is 23.3 Å². The van der Waals surface area contributed by atoms with Crippen LogP contribution in [0.25, 0.3) is 0 Å². The van der Waals surface area contributed by atoms with Crippen LogP contribution in [0.2, 0.25) is 5.02 Å². The van der Waals surface area contributed by atoms with Crippen molar-refractivity contribution in [3.63, 3.8) is 0 Å². The van der Waals surface area contributed by atoms with E-state index in [1.807, 2.05) is 109 Å². The largest absolute Gasteiger partial charge is 0.457 e. The number of thiocarbonyl (C=S) groups is 1. The second-order valence-electron chi connectivity index (χ2n) is 8.62. The molecule has 188 valence electrons. The van der Waals surface area contributed by atoms with Crippen LogP contribution in [0.4, 0.5) is 5.69 Å². The van der Waals surface area contributed by atoms with Crippen LogP contribution in [0.15, 0.2) is 130 Å². The maximum absolute atomic E-state index is 6.39. The summed E-state index contributed by atoms with van der Waals surface area (Å²) in [6.45, 7) is 0. The number of nitrogens with zero attached hydrogens (tertiary/aromatic N) is 2. The van der Waals surface area contributed by atoms with Crippen LogP contribution in [0, 0.1) is 0 Å². The van der Waals surface area contributed by atoms with E-state index in [1.165, 1.54) is 0 Å². The summed E-state index contributed by atoms with van der Waals surface area (Å²) < 4.78 is 12.4. The fraction of sp³-hybridized carbons (Fsp3) is 0.0667. The van der Waals surface area contributed by atoms with Gasteiger partial charge in [0.15, 0.2) is 10.2 Å². The number of benzene rings is 3. The van der Waals surface area contributed by atoms with Gasteiger partial charge in [0.05, 0.1) is 11.7 Å². The number of rotatable bonds is 7. The topological polar surface area (TPSA) is 50.5 Å². The highest BCUT2D eigenvalue weighted by Gasteiger charge is 2.42. The minimum atomic E-state index is -0.238. The SMILES string of the molecule is S=C1N[C@H](c2ccccn2)[C@@H](c2ccc(Sc3ccc(Cl)cc3)o2)N1c1ccc(Oc2ccccc2)cc1. The molecule has 3 heterocycles. The first-order valence-electron chi connectivity index (χ1n) is 12.0. The lowest BCUT2D eigenvalue weighted by atomic mass is 10.0. The van der Waals surface area contributed by atoms with Gasteiger partial charge in [-0.3, -0.25) is 4.98 Å². The average Bonchev–Trinajstić information content (AvgIpc) is 3.55. The summed E-state index contributed by atoms with van der Waals surface area (Å²) in [5, 5.41) is 5.56. The molecule has 2 aromatic heterocycles. The van der Waals surface area contributed by atoms with E-state index in [0.29, 0.717) is 10.1 Å². The zero-order valence-electron chi connectivity index (χ0n) is 20.0. The summed E-state index contributed by atoms with van der Waals surface area (Å²) in [7, 11) is 0. The third kappa shape index (κ3) is 5.27. The Morgan fingerprint density at radius 2 is 1.58 bits per heavy atom. The van der Waals surface area contributed by atoms with Crippen molar-refractivity contribution in [3.8, 4) is 11.5 Å². The van der Waals surface area contributed by atoms with Gasteiger partial charge in [-0.05, 0) is 97.1 Å². The molecule has 0 spiro atoms. The quantitative estimate of drug-likeness (QED) is 0.202. The maximum Gasteiger partial charge on any atom is 0.174 e. The minimum Gasteiger partial charge on any atom is -0.457 e. The lowest BCUT2D eigenvalue weighted by molar-refractivity contribution is 0.383. The molecule has 6 rings (SSSR count). The molecule has 38 heavy (non-hydrogen) atoms. The van der Waals surface area contributed by atoms with Crippen LogP contribution in [0.3, 0.4) is 0 Å². The van der Waals surface area contributed by atoms with Crippen LogP contribution < -0.4 is 15.0 Å². The molecular weight excluding hydrogens is 534 g/mol. The van der Waals surface area contributed by atoms with Gasteiger partial charge >= 0.3 is 0 Å². The predicted molar refractivity (Wildman–Crippen MR) is 155 cm³/mol. The third-order valence-corrected chi connectivity index (χ3v) is 7.61. The Morgan fingerprint density at radius 3 is 2.32 bits per heavy atom. The summed E-state index contributed by atoms with van der Waals surface area (Å²) in [6, 6.07) is 34.8. The predicted octanol–water partition coefficient (Wildman–Crippen LogP) is 8.45. The molecule has 3 aromatic carbocycles. The van der Waals surface area contributed by atoms with Gasteiger partial charge in [-0.1, -0.05) is 47.6 Å². The number of para-hydroxylation sites is 1. The Labute approximate surface area is 235 Å². The molecule has 5 aromatic rings. The molecule has 1 aliphatic rings. The highest BCUT2D eigenvalue weighted by Crippen LogP contribution is 2.43. The van der Waals surface area contributed by atoms with Gasteiger partial charge < -0.3 is 19.4 Å². The van der Waals surface area contributed by atoms with E-state index in [-0.39, 0.29) is 12.1 Å². The van der Waals surface area contributed by atoms with Crippen molar-refractivity contribution >= 4 is 46.4 Å². The molecular formula is C30H22ClN3O2S2. The molecule has 5 nitrogen and oxygen atoms in total. The van der Waals surface area contributed by atoms with E-state index in [0.717, 1.165) is 38.6 Å². The second-order valence-corrected chi connectivity index (χ2v) is 10.5. The number of pyridine rings is 1. The molecule has 1 fully saturated rings. The number of hydrogen-bond donors (Lipinski definition) is 1. The fourth-order valence-electron chi connectivity index (χ4n) is 4.39. The first-order chi connectivity index (χ1) is 18.6. The van der Waals surface area contributed by atoms with Crippen molar-refractivity contribution in [2.24, 2.45) is 0 Å². The van der Waals surface area contributed by atoms with Crippen LogP contribution in [-0.4, -0.2) is 10.1 Å². The monoisotopic (exact) mass is 555 g/mol. The summed E-state index contributed by atoms with van der Waals surface area (Å²) in [5.74, 6) is 2.32. The lowest BCUT2D eigenvalue weighted by Crippen LogP contribution is -2.29. The highest BCUT2D eigenvalue weighted by molar-refractivity contribution is 7.99. The first kappa shape index (κ1) is 24.6. The van der Waals surface area contributed by atoms with E-state index in [1.54, 1.807) is 18.0 Å². The van der Waals surface area contributed by atoms with E-state index >= 15 is 0 Å². The average molecular weight is 556 g/mol. The highest BCUT2D eigenvalue weighted by atomic mass is 35.5. The van der Waals surface area contributed by atoms with Gasteiger partial charge in [0.2, 0.25) is 0 Å². The Hall–Kier alpha value is -3.78. The van der Waals surface area contributed by atoms with Crippen LogP contribution >= 0.6 is 35.6 Å². The second kappa shape index (κ2) is 10.9. The molecule has 0 bridgehead atoms. The Bertz CT molecular complexity index is 1530. The Kier molecular flexibility index (Phi) is 7.05. The van der Waals surface area contributed by atoms with Crippen molar-refractivity contribution in [1.29, 1.82) is 0 Å². The van der Waals surface area contributed by atoms with Crippen LogP contribution in [0.1, 0.15) is 23.5 Å². The standard InChI is InChI=1S/C30H22ClN3O2S2/c31-20-9-15-24(16-10-20)38-27-18-17-26(36-27)29-28(25-8-4-5-19-32-25)33-30(37)34(29)21-11-13-23(14-12-21)35-22-6-2-1-3-7-22/h1-19,28-29H,(H,33,37)/t28-,29-/m1/s1. The number of furan rings is 1. The molecule has 1 aliphatic heterocycles. The van der Waals surface area contributed by atoms with Crippen molar-refractivity contribution in [2.75, 3.05) is 4.90 Å². The summed E-state index contributed by atoms with van der Waals surface area (Å²) in [6.07, 6.45) is 1.79. The van der Waals surface area contributed by atoms with Crippen molar-refractivity contribution < 1.29 is 9.15 Å². The van der Waals surface area contributed by atoms with Gasteiger partial charge in [0.25, 0.3) is 0 Å². The van der Waals surface area contributed by atoms with Gasteiger partial charge in [0, 0.05) is 21.8 Å². The van der Waals surface area contributed by atoms with Gasteiger partial charge in [-0.2, -0.15) is 0 Å². The molecule has 0 saturated carbocycles.